The molecule has 0 unspecified atom stereocenters. The quantitative estimate of drug-likeness (QED) is 0.704. The highest BCUT2D eigenvalue weighted by atomic mass is 32.2. The Kier molecular flexibility index (Phi) is 7.17. The van der Waals surface area contributed by atoms with Crippen LogP contribution in [0.25, 0.3) is 0 Å². The maximum Gasteiger partial charge on any atom is 0.251 e. The third kappa shape index (κ3) is 5.31. The lowest BCUT2D eigenvalue weighted by Gasteiger charge is -2.10. The minimum absolute atomic E-state index is 0.150. The number of methoxy groups -OCH3 is 1. The zero-order valence-electron chi connectivity index (χ0n) is 15.0. The fourth-order valence-corrected chi connectivity index (χ4v) is 3.56. The van der Waals surface area contributed by atoms with E-state index in [9.17, 15) is 13.2 Å². The second-order valence-corrected chi connectivity index (χ2v) is 7.51. The lowest BCUT2D eigenvalue weighted by atomic mass is 10.1. The van der Waals surface area contributed by atoms with Crippen LogP contribution in [-0.4, -0.2) is 34.5 Å². The summed E-state index contributed by atoms with van der Waals surface area (Å²) in [6.07, 6.45) is 1.36. The summed E-state index contributed by atoms with van der Waals surface area (Å²) >= 11 is 0. The van der Waals surface area contributed by atoms with Crippen molar-refractivity contribution in [3.8, 4) is 5.75 Å². The maximum absolute atomic E-state index is 12.2. The molecule has 7 heteroatoms. The largest absolute Gasteiger partial charge is 0.496 e. The third-order valence-electron chi connectivity index (χ3n) is 3.84. The Bertz CT molecular complexity index is 833. The number of carbonyl (C=O) groups excluding carboxylic acids is 1. The molecule has 2 rings (SSSR count). The minimum atomic E-state index is -3.52. The molecule has 0 spiro atoms. The van der Waals surface area contributed by atoms with Gasteiger partial charge in [-0.3, -0.25) is 4.79 Å². The summed E-state index contributed by atoms with van der Waals surface area (Å²) in [6, 6.07) is 13.5. The van der Waals surface area contributed by atoms with Crippen LogP contribution in [0.3, 0.4) is 0 Å². The van der Waals surface area contributed by atoms with E-state index in [0.717, 1.165) is 11.3 Å². The summed E-state index contributed by atoms with van der Waals surface area (Å²) in [7, 11) is -1.91. The first-order valence-corrected chi connectivity index (χ1v) is 9.96. The molecule has 2 aromatic carbocycles. The summed E-state index contributed by atoms with van der Waals surface area (Å²) in [6.45, 7) is 2.73. The van der Waals surface area contributed by atoms with Crippen LogP contribution in [0.1, 0.15) is 29.3 Å². The highest BCUT2D eigenvalue weighted by Crippen LogP contribution is 2.17. The van der Waals surface area contributed by atoms with Crippen molar-refractivity contribution >= 4 is 15.9 Å². The number of hydrogen-bond acceptors (Lipinski definition) is 4. The lowest BCUT2D eigenvalue weighted by molar-refractivity contribution is 0.0954. The number of para-hydroxylation sites is 1. The average Bonchev–Trinajstić information content (AvgIpc) is 2.66. The van der Waals surface area contributed by atoms with Gasteiger partial charge >= 0.3 is 0 Å². The third-order valence-corrected chi connectivity index (χ3v) is 5.32. The molecule has 1 amide bonds. The van der Waals surface area contributed by atoms with Gasteiger partial charge < -0.3 is 10.1 Å². The van der Waals surface area contributed by atoms with Crippen LogP contribution in [0.15, 0.2) is 53.4 Å². The molecule has 0 aliphatic carbocycles. The van der Waals surface area contributed by atoms with Crippen LogP contribution < -0.4 is 14.8 Å². The van der Waals surface area contributed by atoms with Crippen molar-refractivity contribution < 1.29 is 17.9 Å². The molecular weight excluding hydrogens is 352 g/mol. The van der Waals surface area contributed by atoms with Gasteiger partial charge in [-0.1, -0.05) is 25.1 Å². The number of hydrogen-bond donors (Lipinski definition) is 2. The van der Waals surface area contributed by atoms with Crippen LogP contribution in [-0.2, 0) is 16.4 Å². The number of benzene rings is 2. The van der Waals surface area contributed by atoms with Gasteiger partial charge in [-0.25, -0.2) is 13.1 Å². The van der Waals surface area contributed by atoms with Crippen molar-refractivity contribution in [2.45, 2.75) is 24.7 Å². The van der Waals surface area contributed by atoms with Crippen molar-refractivity contribution in [1.82, 2.24) is 10.0 Å². The number of amides is 1. The van der Waals surface area contributed by atoms with Crippen molar-refractivity contribution in [3.63, 3.8) is 0 Å². The van der Waals surface area contributed by atoms with Gasteiger partial charge in [0.25, 0.3) is 5.91 Å². The first-order valence-electron chi connectivity index (χ1n) is 8.47. The van der Waals surface area contributed by atoms with E-state index >= 15 is 0 Å². The zero-order valence-corrected chi connectivity index (χ0v) is 15.8. The van der Waals surface area contributed by atoms with Crippen LogP contribution >= 0.6 is 0 Å². The number of ether oxygens (including phenoxy) is 1. The molecule has 6 nitrogen and oxygen atoms in total. The lowest BCUT2D eigenvalue weighted by Crippen LogP contribution is -2.26. The van der Waals surface area contributed by atoms with E-state index in [2.05, 4.69) is 10.0 Å². The maximum atomic E-state index is 12.2. The topological polar surface area (TPSA) is 84.5 Å². The van der Waals surface area contributed by atoms with Gasteiger partial charge in [0.2, 0.25) is 10.0 Å². The van der Waals surface area contributed by atoms with Crippen LogP contribution in [0.5, 0.6) is 5.75 Å². The van der Waals surface area contributed by atoms with Crippen molar-refractivity contribution in [3.05, 3.63) is 59.7 Å². The molecule has 26 heavy (non-hydrogen) atoms. The van der Waals surface area contributed by atoms with E-state index in [1.54, 1.807) is 7.11 Å². The summed E-state index contributed by atoms with van der Waals surface area (Å²) in [5.74, 6) is 0.543. The predicted octanol–water partition coefficient (Wildman–Crippen LogP) is 2.36. The second-order valence-electron chi connectivity index (χ2n) is 5.74. The molecule has 0 atom stereocenters. The molecule has 140 valence electrons. The normalized spacial score (nSPS) is 11.2. The van der Waals surface area contributed by atoms with E-state index < -0.39 is 10.0 Å². The summed E-state index contributed by atoms with van der Waals surface area (Å²) < 4.78 is 31.9. The monoisotopic (exact) mass is 376 g/mol. The van der Waals surface area contributed by atoms with E-state index in [1.165, 1.54) is 24.3 Å². The number of rotatable bonds is 9. The Morgan fingerprint density at radius 3 is 2.38 bits per heavy atom. The number of sulfonamides is 1. The fraction of sp³-hybridized carbons (Fsp3) is 0.316. The standard InChI is InChI=1S/C19H24N2O4S/c1-3-13-21-26(23,24)17-10-8-16(9-11-17)19(22)20-14-12-15-6-4-5-7-18(15)25-2/h4-11,21H,3,12-14H2,1-2H3,(H,20,22). The molecule has 0 heterocycles. The fourth-order valence-electron chi connectivity index (χ4n) is 2.43. The predicted molar refractivity (Wildman–Crippen MR) is 101 cm³/mol. The molecule has 2 N–H and O–H groups in total. The van der Waals surface area contributed by atoms with E-state index in [-0.39, 0.29) is 10.8 Å². The van der Waals surface area contributed by atoms with Gasteiger partial charge in [0.15, 0.2) is 0 Å². The van der Waals surface area contributed by atoms with Gasteiger partial charge in [0.1, 0.15) is 5.75 Å². The summed E-state index contributed by atoms with van der Waals surface area (Å²) in [5, 5.41) is 2.83. The van der Waals surface area contributed by atoms with Crippen molar-refractivity contribution in [2.75, 3.05) is 20.2 Å². The number of carbonyl (C=O) groups is 1. The minimum Gasteiger partial charge on any atom is -0.496 e. The molecular formula is C19H24N2O4S. The highest BCUT2D eigenvalue weighted by molar-refractivity contribution is 7.89. The van der Waals surface area contributed by atoms with E-state index in [4.69, 9.17) is 4.74 Å². The molecule has 0 fully saturated rings. The molecule has 0 saturated heterocycles. The zero-order chi connectivity index (χ0) is 19.0. The van der Waals surface area contributed by atoms with Crippen molar-refractivity contribution in [2.24, 2.45) is 0 Å². The smallest absolute Gasteiger partial charge is 0.251 e. The SMILES string of the molecule is CCCNS(=O)(=O)c1ccc(C(=O)NCCc2ccccc2OC)cc1. The van der Waals surface area contributed by atoms with Gasteiger partial charge in [0, 0.05) is 18.7 Å². The van der Waals surface area contributed by atoms with Gasteiger partial charge in [0.05, 0.1) is 12.0 Å². The Morgan fingerprint density at radius 2 is 1.73 bits per heavy atom. The first kappa shape index (κ1) is 19.9. The molecule has 0 radical (unpaired) electrons. The van der Waals surface area contributed by atoms with Gasteiger partial charge in [-0.15, -0.1) is 0 Å². The first-order chi connectivity index (χ1) is 12.5. The molecule has 0 saturated carbocycles. The summed E-state index contributed by atoms with van der Waals surface area (Å²) in [5.41, 5.74) is 1.43. The summed E-state index contributed by atoms with van der Waals surface area (Å²) in [4.78, 5) is 12.4. The molecule has 0 bridgehead atoms. The highest BCUT2D eigenvalue weighted by Gasteiger charge is 2.14. The van der Waals surface area contributed by atoms with Gasteiger partial charge in [-0.05, 0) is 48.7 Å². The molecule has 0 aromatic heterocycles. The molecule has 0 aliphatic heterocycles. The van der Waals surface area contributed by atoms with Gasteiger partial charge in [-0.2, -0.15) is 0 Å². The van der Waals surface area contributed by atoms with E-state index in [1.807, 2.05) is 31.2 Å². The number of nitrogens with one attached hydrogen (secondary N) is 2. The Hall–Kier alpha value is -2.38. The Balaban J connectivity index is 1.94. The van der Waals surface area contributed by atoms with E-state index in [0.29, 0.717) is 31.5 Å². The molecule has 2 aromatic rings. The molecule has 0 aliphatic rings. The average molecular weight is 376 g/mol. The Labute approximate surface area is 154 Å². The van der Waals surface area contributed by atoms with Crippen molar-refractivity contribution in [1.29, 1.82) is 0 Å². The second kappa shape index (κ2) is 9.35. The van der Waals surface area contributed by atoms with Crippen LogP contribution in [0, 0.1) is 0 Å². The Morgan fingerprint density at radius 1 is 1.04 bits per heavy atom. The van der Waals surface area contributed by atoms with Crippen LogP contribution in [0.2, 0.25) is 0 Å². The van der Waals surface area contributed by atoms with Crippen LogP contribution in [0.4, 0.5) is 0 Å².